The summed E-state index contributed by atoms with van der Waals surface area (Å²) >= 11 is 0. The van der Waals surface area contributed by atoms with Gasteiger partial charge >= 0.3 is 5.97 Å². The molecule has 41 heavy (non-hydrogen) atoms. The summed E-state index contributed by atoms with van der Waals surface area (Å²) in [4.78, 5) is 13.3. The number of rotatable bonds is 8. The third-order valence-corrected chi connectivity index (χ3v) is 7.10. The minimum atomic E-state index is -0.403. The fourth-order valence-corrected chi connectivity index (χ4v) is 5.11. The summed E-state index contributed by atoms with van der Waals surface area (Å²) in [6.07, 6.45) is 2.00. The molecule has 0 saturated heterocycles. The quantitative estimate of drug-likeness (QED) is 0.145. The number of para-hydroxylation sites is 1. The number of aromatic nitrogens is 1. The van der Waals surface area contributed by atoms with E-state index in [1.165, 1.54) is 5.56 Å². The van der Waals surface area contributed by atoms with E-state index in [1.54, 1.807) is 19.2 Å². The first-order valence-electron chi connectivity index (χ1n) is 13.5. The van der Waals surface area contributed by atoms with E-state index in [9.17, 15) is 4.79 Å². The van der Waals surface area contributed by atoms with Crippen LogP contribution in [0.25, 0.3) is 34.0 Å². The van der Waals surface area contributed by atoms with Crippen molar-refractivity contribution >= 4 is 28.7 Å². The van der Waals surface area contributed by atoms with Gasteiger partial charge in [-0.1, -0.05) is 97.1 Å². The van der Waals surface area contributed by atoms with Crippen LogP contribution < -0.4 is 4.74 Å². The highest BCUT2D eigenvalue weighted by Crippen LogP contribution is 2.38. The highest BCUT2D eigenvalue weighted by molar-refractivity contribution is 6.03. The molecule has 1 heterocycles. The third-order valence-electron chi connectivity index (χ3n) is 7.10. The number of nitrogens with zero attached hydrogens (tertiary/aromatic N) is 1. The molecule has 0 spiro atoms. The standard InChI is InChI=1S/C37H29NO3/c1-40-31-23-21-29(22-24-31)36-33(32-19-11-12-20-34(32)38(36)26-27-13-5-2-6-14-27)25-35(28-15-7-3-8-16-28)41-37(39)30-17-9-4-10-18-30/h2-25H,26H2,1H3/b35-25-. The second kappa shape index (κ2) is 11.8. The minimum Gasteiger partial charge on any atom is -0.497 e. The van der Waals surface area contributed by atoms with Gasteiger partial charge in [0.05, 0.1) is 18.4 Å². The fraction of sp³-hybridized carbons (Fsp3) is 0.0541. The van der Waals surface area contributed by atoms with E-state index >= 15 is 0 Å². The highest BCUT2D eigenvalue weighted by atomic mass is 16.5. The molecule has 0 N–H and O–H groups in total. The van der Waals surface area contributed by atoms with Crippen molar-refractivity contribution < 1.29 is 14.3 Å². The molecule has 0 aliphatic rings. The van der Waals surface area contributed by atoms with E-state index in [2.05, 4.69) is 59.2 Å². The van der Waals surface area contributed by atoms with Crippen molar-refractivity contribution in [3.05, 3.63) is 162 Å². The molecule has 200 valence electrons. The topological polar surface area (TPSA) is 40.5 Å². The number of methoxy groups -OCH3 is 1. The number of fused-ring (bicyclic) bond motifs is 1. The highest BCUT2D eigenvalue weighted by Gasteiger charge is 2.20. The molecular weight excluding hydrogens is 506 g/mol. The lowest BCUT2D eigenvalue weighted by molar-refractivity contribution is 0.0693. The van der Waals surface area contributed by atoms with E-state index in [1.807, 2.05) is 78.9 Å². The maximum absolute atomic E-state index is 13.3. The van der Waals surface area contributed by atoms with Crippen LogP contribution >= 0.6 is 0 Å². The minimum absolute atomic E-state index is 0.403. The monoisotopic (exact) mass is 535 g/mol. The second-order valence-corrected chi connectivity index (χ2v) is 9.71. The predicted octanol–water partition coefficient (Wildman–Crippen LogP) is 8.72. The Balaban J connectivity index is 1.59. The van der Waals surface area contributed by atoms with Gasteiger partial charge in [0, 0.05) is 28.6 Å². The van der Waals surface area contributed by atoms with Gasteiger partial charge in [-0.2, -0.15) is 0 Å². The van der Waals surface area contributed by atoms with Gasteiger partial charge in [0.25, 0.3) is 0 Å². The molecule has 0 aliphatic heterocycles. The Morgan fingerprint density at radius 3 is 1.93 bits per heavy atom. The molecular formula is C37H29NO3. The Bertz CT molecular complexity index is 1800. The molecule has 0 atom stereocenters. The van der Waals surface area contributed by atoms with Gasteiger partial charge < -0.3 is 14.0 Å². The zero-order valence-corrected chi connectivity index (χ0v) is 22.7. The SMILES string of the molecule is COc1ccc(-c2c(/C=C(\OC(=O)c3ccccc3)c3ccccc3)c3ccccc3n2Cc2ccccc2)cc1. The first-order chi connectivity index (χ1) is 20.2. The Labute approximate surface area is 239 Å². The van der Waals surface area contributed by atoms with Crippen LogP contribution in [0.3, 0.4) is 0 Å². The van der Waals surface area contributed by atoms with Gasteiger partial charge in [0.2, 0.25) is 0 Å². The predicted molar refractivity (Wildman–Crippen MR) is 166 cm³/mol. The van der Waals surface area contributed by atoms with E-state index in [0.717, 1.165) is 39.0 Å². The van der Waals surface area contributed by atoms with Gasteiger partial charge in [0.1, 0.15) is 11.5 Å². The van der Waals surface area contributed by atoms with Crippen LogP contribution in [0, 0.1) is 0 Å². The molecule has 6 aromatic rings. The van der Waals surface area contributed by atoms with Crippen molar-refractivity contribution in [1.82, 2.24) is 4.57 Å². The Morgan fingerprint density at radius 2 is 1.27 bits per heavy atom. The largest absolute Gasteiger partial charge is 0.497 e. The first kappa shape index (κ1) is 25.9. The summed E-state index contributed by atoms with van der Waals surface area (Å²) in [6, 6.07) is 45.7. The molecule has 0 amide bonds. The summed E-state index contributed by atoms with van der Waals surface area (Å²) in [6.45, 7) is 0.682. The molecule has 0 aliphatic carbocycles. The number of ether oxygens (including phenoxy) is 2. The molecule has 4 heteroatoms. The van der Waals surface area contributed by atoms with Gasteiger partial charge in [-0.15, -0.1) is 0 Å². The van der Waals surface area contributed by atoms with Crippen molar-refractivity contribution in [2.24, 2.45) is 0 Å². The molecule has 4 nitrogen and oxygen atoms in total. The number of carbonyl (C=O) groups excluding carboxylic acids is 1. The van der Waals surface area contributed by atoms with Gasteiger partial charge in [0.15, 0.2) is 0 Å². The van der Waals surface area contributed by atoms with Gasteiger partial charge in [-0.25, -0.2) is 4.79 Å². The number of hydrogen-bond acceptors (Lipinski definition) is 3. The fourth-order valence-electron chi connectivity index (χ4n) is 5.11. The van der Waals surface area contributed by atoms with Crippen LogP contribution in [0.1, 0.15) is 27.0 Å². The molecule has 0 radical (unpaired) electrons. The van der Waals surface area contributed by atoms with Crippen molar-refractivity contribution in [3.63, 3.8) is 0 Å². The summed E-state index contributed by atoms with van der Waals surface area (Å²) in [5.41, 5.74) is 6.63. The molecule has 0 bridgehead atoms. The number of hydrogen-bond donors (Lipinski definition) is 0. The summed E-state index contributed by atoms with van der Waals surface area (Å²) in [5, 5.41) is 1.07. The van der Waals surface area contributed by atoms with Gasteiger partial charge in [-0.05, 0) is 59.7 Å². The lowest BCUT2D eigenvalue weighted by atomic mass is 10.0. The van der Waals surface area contributed by atoms with Crippen LogP contribution in [-0.4, -0.2) is 17.6 Å². The Hall–Kier alpha value is -5.35. The lowest BCUT2D eigenvalue weighted by Crippen LogP contribution is -2.05. The second-order valence-electron chi connectivity index (χ2n) is 9.71. The number of esters is 1. The summed E-state index contributed by atoms with van der Waals surface area (Å²) in [5.74, 6) is 0.870. The van der Waals surface area contributed by atoms with Crippen molar-refractivity contribution in [1.29, 1.82) is 0 Å². The van der Waals surface area contributed by atoms with E-state index < -0.39 is 5.97 Å². The smallest absolute Gasteiger partial charge is 0.343 e. The molecule has 0 fully saturated rings. The molecule has 0 unspecified atom stereocenters. The average Bonchev–Trinajstić information content (AvgIpc) is 3.34. The molecule has 0 saturated carbocycles. The number of benzene rings is 5. The maximum Gasteiger partial charge on any atom is 0.343 e. The number of carbonyl (C=O) groups is 1. The zero-order chi connectivity index (χ0) is 28.0. The third kappa shape index (κ3) is 5.54. The van der Waals surface area contributed by atoms with Crippen LogP contribution in [0.5, 0.6) is 5.75 Å². The van der Waals surface area contributed by atoms with Crippen molar-refractivity contribution in [2.45, 2.75) is 6.54 Å². The normalized spacial score (nSPS) is 11.4. The van der Waals surface area contributed by atoms with Crippen LogP contribution in [0.15, 0.2) is 140 Å². The summed E-state index contributed by atoms with van der Waals surface area (Å²) < 4.78 is 13.9. The van der Waals surface area contributed by atoms with Crippen LogP contribution in [0.2, 0.25) is 0 Å². The Morgan fingerprint density at radius 1 is 0.683 bits per heavy atom. The Kier molecular flexibility index (Phi) is 7.46. The molecule has 5 aromatic carbocycles. The first-order valence-corrected chi connectivity index (χ1v) is 13.5. The van der Waals surface area contributed by atoms with E-state index in [0.29, 0.717) is 17.9 Å². The zero-order valence-electron chi connectivity index (χ0n) is 22.7. The van der Waals surface area contributed by atoms with Crippen molar-refractivity contribution in [2.75, 3.05) is 7.11 Å². The summed E-state index contributed by atoms with van der Waals surface area (Å²) in [7, 11) is 1.67. The van der Waals surface area contributed by atoms with Crippen LogP contribution in [0.4, 0.5) is 0 Å². The molecule has 6 rings (SSSR count). The van der Waals surface area contributed by atoms with Gasteiger partial charge in [-0.3, -0.25) is 0 Å². The molecule has 1 aromatic heterocycles. The van der Waals surface area contributed by atoms with E-state index in [4.69, 9.17) is 9.47 Å². The lowest BCUT2D eigenvalue weighted by Gasteiger charge is -2.14. The average molecular weight is 536 g/mol. The van der Waals surface area contributed by atoms with E-state index in [-0.39, 0.29) is 0 Å². The van der Waals surface area contributed by atoms with Crippen LogP contribution in [-0.2, 0) is 11.3 Å². The maximum atomic E-state index is 13.3. The van der Waals surface area contributed by atoms with Crippen molar-refractivity contribution in [3.8, 4) is 17.0 Å².